The molecule has 29 heavy (non-hydrogen) atoms. The minimum atomic E-state index is -0.457. The normalized spacial score (nSPS) is 16.0. The van der Waals surface area contributed by atoms with Crippen LogP contribution in [0.2, 0.25) is 0 Å². The molecule has 0 unspecified atom stereocenters. The fourth-order valence-electron chi connectivity index (χ4n) is 3.79. The van der Waals surface area contributed by atoms with Crippen LogP contribution in [0.5, 0.6) is 28.7 Å². The van der Waals surface area contributed by atoms with Gasteiger partial charge in [0.25, 0.3) is 0 Å². The van der Waals surface area contributed by atoms with Gasteiger partial charge < -0.3 is 23.7 Å². The van der Waals surface area contributed by atoms with Crippen molar-refractivity contribution >= 4 is 5.78 Å². The number of nitrogens with zero attached hydrogens (tertiary/aromatic N) is 1. The molecule has 0 amide bonds. The van der Waals surface area contributed by atoms with Gasteiger partial charge in [0, 0.05) is 12.1 Å². The number of Topliss-reactive ketones (excluding diaryl/α,β-unsaturated/α-hetero) is 1. The Morgan fingerprint density at radius 1 is 0.828 bits per heavy atom. The molecule has 0 fully saturated rings. The molecule has 3 rings (SSSR count). The quantitative estimate of drug-likeness (QED) is 0.660. The summed E-state index contributed by atoms with van der Waals surface area (Å²) >= 11 is 0. The first-order chi connectivity index (χ1) is 14.0. The molecule has 0 aromatic heterocycles. The van der Waals surface area contributed by atoms with E-state index in [-0.39, 0.29) is 5.78 Å². The van der Waals surface area contributed by atoms with Crippen molar-refractivity contribution in [3.05, 3.63) is 41.0 Å². The number of rotatable bonds is 7. The summed E-state index contributed by atoms with van der Waals surface area (Å²) in [6, 6.07) is 6.77. The second kappa shape index (κ2) is 8.61. The van der Waals surface area contributed by atoms with Crippen LogP contribution in [0.25, 0.3) is 0 Å². The van der Waals surface area contributed by atoms with E-state index in [1.165, 1.54) is 21.3 Å². The summed E-state index contributed by atoms with van der Waals surface area (Å²) in [5, 5.41) is 0. The van der Waals surface area contributed by atoms with E-state index in [1.54, 1.807) is 26.4 Å². The molecule has 2 aromatic carbocycles. The molecule has 0 N–H and O–H groups in total. The molecule has 7 nitrogen and oxygen atoms in total. The molecule has 1 aliphatic rings. The van der Waals surface area contributed by atoms with Crippen molar-refractivity contribution in [3.8, 4) is 28.7 Å². The van der Waals surface area contributed by atoms with Crippen LogP contribution in [-0.4, -0.2) is 59.8 Å². The van der Waals surface area contributed by atoms with Crippen LogP contribution in [0.1, 0.15) is 27.5 Å². The Labute approximate surface area is 171 Å². The minimum Gasteiger partial charge on any atom is -0.493 e. The highest BCUT2D eigenvalue weighted by Crippen LogP contribution is 2.42. The third-order valence-electron chi connectivity index (χ3n) is 5.31. The van der Waals surface area contributed by atoms with E-state index >= 15 is 0 Å². The Morgan fingerprint density at radius 2 is 1.38 bits per heavy atom. The van der Waals surface area contributed by atoms with Crippen LogP contribution in [0, 0.1) is 0 Å². The lowest BCUT2D eigenvalue weighted by Crippen LogP contribution is -2.37. The maximum absolute atomic E-state index is 13.6. The average Bonchev–Trinajstić information content (AvgIpc) is 2.76. The van der Waals surface area contributed by atoms with Gasteiger partial charge in [-0.2, -0.15) is 0 Å². The van der Waals surface area contributed by atoms with Crippen LogP contribution in [0.4, 0.5) is 0 Å². The van der Waals surface area contributed by atoms with Crippen molar-refractivity contribution in [2.75, 3.05) is 49.1 Å². The third kappa shape index (κ3) is 3.70. The Balaban J connectivity index is 2.11. The molecular formula is C22H27NO6. The summed E-state index contributed by atoms with van der Waals surface area (Å²) in [5.41, 5.74) is 2.47. The fourth-order valence-corrected chi connectivity index (χ4v) is 3.79. The molecule has 7 heteroatoms. The number of carbonyl (C=O) groups excluding carboxylic acids is 1. The van der Waals surface area contributed by atoms with Gasteiger partial charge in [0.05, 0.1) is 41.6 Å². The highest BCUT2D eigenvalue weighted by atomic mass is 16.5. The van der Waals surface area contributed by atoms with Gasteiger partial charge >= 0.3 is 0 Å². The van der Waals surface area contributed by atoms with Crippen molar-refractivity contribution in [3.63, 3.8) is 0 Å². The molecule has 1 aliphatic heterocycles. The largest absolute Gasteiger partial charge is 0.493 e. The van der Waals surface area contributed by atoms with Crippen LogP contribution < -0.4 is 23.7 Å². The molecule has 1 heterocycles. The van der Waals surface area contributed by atoms with E-state index < -0.39 is 6.04 Å². The van der Waals surface area contributed by atoms with Gasteiger partial charge in [-0.15, -0.1) is 0 Å². The maximum atomic E-state index is 13.6. The molecule has 0 saturated heterocycles. The molecule has 156 valence electrons. The minimum absolute atomic E-state index is 0.0556. The maximum Gasteiger partial charge on any atom is 0.203 e. The van der Waals surface area contributed by atoms with E-state index in [9.17, 15) is 4.79 Å². The van der Waals surface area contributed by atoms with E-state index in [4.69, 9.17) is 23.7 Å². The number of methoxy groups -OCH3 is 5. The first kappa shape index (κ1) is 20.8. The number of ether oxygens (including phenoxy) is 5. The lowest BCUT2D eigenvalue weighted by molar-refractivity contribution is 0.0837. The lowest BCUT2D eigenvalue weighted by atomic mass is 9.87. The number of hydrogen-bond donors (Lipinski definition) is 0. The number of hydrogen-bond acceptors (Lipinski definition) is 7. The van der Waals surface area contributed by atoms with Crippen molar-refractivity contribution in [1.29, 1.82) is 0 Å². The third-order valence-corrected chi connectivity index (χ3v) is 5.31. The molecule has 0 aliphatic carbocycles. The molecule has 0 bridgehead atoms. The number of ketones is 1. The smallest absolute Gasteiger partial charge is 0.203 e. The van der Waals surface area contributed by atoms with E-state index in [0.717, 1.165) is 24.1 Å². The van der Waals surface area contributed by atoms with Crippen LogP contribution in [0.15, 0.2) is 24.3 Å². The van der Waals surface area contributed by atoms with E-state index in [0.29, 0.717) is 34.3 Å². The zero-order valence-electron chi connectivity index (χ0n) is 17.7. The summed E-state index contributed by atoms with van der Waals surface area (Å²) in [5.74, 6) is 2.55. The fraction of sp³-hybridized carbons (Fsp3) is 0.409. The number of likely N-dealkylation sites (N-methyl/N-ethyl adjacent to an activating group) is 1. The topological polar surface area (TPSA) is 66.5 Å². The predicted molar refractivity (Wildman–Crippen MR) is 109 cm³/mol. The van der Waals surface area contributed by atoms with Gasteiger partial charge in [-0.3, -0.25) is 9.69 Å². The van der Waals surface area contributed by atoms with Crippen LogP contribution >= 0.6 is 0 Å². The SMILES string of the molecule is COc1cc2c(cc1OC)[C@@H](C(=O)c1cc(OC)c(OC)c(OC)c1)N(C)CC2. The average molecular weight is 401 g/mol. The second-order valence-corrected chi connectivity index (χ2v) is 6.82. The van der Waals surface area contributed by atoms with Crippen molar-refractivity contribution < 1.29 is 28.5 Å². The Kier molecular flexibility index (Phi) is 6.17. The number of carbonyl (C=O) groups is 1. The van der Waals surface area contributed by atoms with Gasteiger partial charge in [0.1, 0.15) is 0 Å². The van der Waals surface area contributed by atoms with Crippen molar-refractivity contribution in [2.45, 2.75) is 12.5 Å². The zero-order valence-corrected chi connectivity index (χ0v) is 17.7. The molecule has 2 aromatic rings. The Bertz CT molecular complexity index is 885. The molecule has 0 radical (unpaired) electrons. The Morgan fingerprint density at radius 3 is 1.90 bits per heavy atom. The first-order valence-corrected chi connectivity index (χ1v) is 9.28. The van der Waals surface area contributed by atoms with Gasteiger partial charge in [0.2, 0.25) is 5.75 Å². The zero-order chi connectivity index (χ0) is 21.1. The highest BCUT2D eigenvalue weighted by molar-refractivity contribution is 6.02. The summed E-state index contributed by atoms with van der Waals surface area (Å²) in [7, 11) is 9.74. The summed E-state index contributed by atoms with van der Waals surface area (Å²) in [4.78, 5) is 15.6. The van der Waals surface area contributed by atoms with Crippen LogP contribution in [0.3, 0.4) is 0 Å². The molecule has 0 spiro atoms. The summed E-state index contributed by atoms with van der Waals surface area (Å²) < 4.78 is 27.1. The summed E-state index contributed by atoms with van der Waals surface area (Å²) in [6.07, 6.45) is 0.825. The number of fused-ring (bicyclic) bond motifs is 1. The van der Waals surface area contributed by atoms with E-state index in [2.05, 4.69) is 0 Å². The van der Waals surface area contributed by atoms with Gasteiger partial charge in [-0.1, -0.05) is 0 Å². The van der Waals surface area contributed by atoms with Gasteiger partial charge in [-0.05, 0) is 48.9 Å². The standard InChI is InChI=1S/C22H27NO6/c1-23-8-7-13-9-16(25-2)17(26-3)12-15(13)20(23)21(24)14-10-18(27-4)22(29-6)19(11-14)28-5/h9-12,20H,7-8H2,1-6H3/t20-/m0/s1. The molecular weight excluding hydrogens is 374 g/mol. The molecule has 0 saturated carbocycles. The van der Waals surface area contributed by atoms with E-state index in [1.807, 2.05) is 24.1 Å². The number of benzene rings is 2. The van der Waals surface area contributed by atoms with Gasteiger partial charge in [-0.25, -0.2) is 0 Å². The highest BCUT2D eigenvalue weighted by Gasteiger charge is 2.33. The predicted octanol–water partition coefficient (Wildman–Crippen LogP) is 3.14. The molecule has 1 atom stereocenters. The van der Waals surface area contributed by atoms with Crippen LogP contribution in [-0.2, 0) is 6.42 Å². The first-order valence-electron chi connectivity index (χ1n) is 9.28. The second-order valence-electron chi connectivity index (χ2n) is 6.82. The Hall–Kier alpha value is -2.93. The monoisotopic (exact) mass is 401 g/mol. The van der Waals surface area contributed by atoms with Crippen molar-refractivity contribution in [1.82, 2.24) is 4.90 Å². The lowest BCUT2D eigenvalue weighted by Gasteiger charge is -2.34. The van der Waals surface area contributed by atoms with Gasteiger partial charge in [0.15, 0.2) is 28.8 Å². The summed E-state index contributed by atoms with van der Waals surface area (Å²) in [6.45, 7) is 0.753. The van der Waals surface area contributed by atoms with Crippen molar-refractivity contribution in [2.24, 2.45) is 0 Å².